The Labute approximate surface area is 132 Å². The molecule has 1 aliphatic heterocycles. The Morgan fingerprint density at radius 2 is 1.85 bits per heavy atom. The highest BCUT2D eigenvalue weighted by molar-refractivity contribution is 5.87. The van der Waals surface area contributed by atoms with E-state index in [0.29, 0.717) is 11.9 Å². The topological polar surface area (TPSA) is 57.3 Å². The molecule has 0 unspecified atom stereocenters. The molecule has 1 aromatic heterocycles. The number of nitrogens with zero attached hydrogens (tertiary/aromatic N) is 2. The first-order chi connectivity index (χ1) is 8.63. The molecular formula is C13H22Cl2N4O. The lowest BCUT2D eigenvalue weighted by atomic mass is 10.1. The van der Waals surface area contributed by atoms with Crippen LogP contribution in [0, 0.1) is 0 Å². The molecule has 2 N–H and O–H groups in total. The van der Waals surface area contributed by atoms with Crippen LogP contribution in [-0.4, -0.2) is 42.0 Å². The van der Waals surface area contributed by atoms with E-state index in [2.05, 4.69) is 27.6 Å². The second-order valence-electron chi connectivity index (χ2n) is 4.81. The Hall–Kier alpha value is -1.04. The van der Waals surface area contributed by atoms with Crippen LogP contribution >= 0.6 is 24.8 Å². The zero-order valence-electron chi connectivity index (χ0n) is 11.8. The number of hydrogen-bond donors (Lipinski definition) is 2. The fourth-order valence-electron chi connectivity index (χ4n) is 2.13. The van der Waals surface area contributed by atoms with E-state index in [4.69, 9.17) is 0 Å². The van der Waals surface area contributed by atoms with Gasteiger partial charge >= 0.3 is 0 Å². The average Bonchev–Trinajstić information content (AvgIpc) is 2.32. The van der Waals surface area contributed by atoms with Gasteiger partial charge in [-0.1, -0.05) is 6.07 Å². The molecule has 20 heavy (non-hydrogen) atoms. The fraction of sp³-hybridized carbons (Fsp3) is 0.538. The van der Waals surface area contributed by atoms with Crippen LogP contribution in [0.3, 0.4) is 0 Å². The van der Waals surface area contributed by atoms with E-state index < -0.39 is 0 Å². The molecule has 1 aromatic rings. The zero-order valence-corrected chi connectivity index (χ0v) is 13.4. The van der Waals surface area contributed by atoms with Gasteiger partial charge < -0.3 is 15.5 Å². The van der Waals surface area contributed by atoms with Crippen molar-refractivity contribution in [3.05, 3.63) is 18.2 Å². The van der Waals surface area contributed by atoms with E-state index in [0.717, 1.165) is 31.7 Å². The number of aromatic nitrogens is 1. The number of pyridine rings is 1. The van der Waals surface area contributed by atoms with Crippen LogP contribution in [0.15, 0.2) is 18.2 Å². The van der Waals surface area contributed by atoms with Crippen LogP contribution in [0.1, 0.15) is 19.8 Å². The molecule has 7 heteroatoms. The summed E-state index contributed by atoms with van der Waals surface area (Å²) in [6, 6.07) is 6.10. The Morgan fingerprint density at radius 3 is 2.45 bits per heavy atom. The highest BCUT2D eigenvalue weighted by atomic mass is 35.5. The maximum atomic E-state index is 11.0. The first kappa shape index (κ1) is 19.0. The van der Waals surface area contributed by atoms with Crippen molar-refractivity contribution in [3.63, 3.8) is 0 Å². The average molecular weight is 321 g/mol. The minimum Gasteiger partial charge on any atom is -0.367 e. The van der Waals surface area contributed by atoms with Gasteiger partial charge in [0.25, 0.3) is 0 Å². The van der Waals surface area contributed by atoms with Crippen molar-refractivity contribution in [1.82, 2.24) is 9.88 Å². The van der Waals surface area contributed by atoms with Crippen LogP contribution in [0.5, 0.6) is 0 Å². The van der Waals surface area contributed by atoms with Crippen molar-refractivity contribution in [2.75, 3.05) is 30.8 Å². The summed E-state index contributed by atoms with van der Waals surface area (Å²) in [5.41, 5.74) is 0. The van der Waals surface area contributed by atoms with Gasteiger partial charge in [-0.25, -0.2) is 4.98 Å². The lowest BCUT2D eigenvalue weighted by Gasteiger charge is -2.29. The van der Waals surface area contributed by atoms with E-state index in [9.17, 15) is 4.79 Å². The maximum Gasteiger partial charge on any atom is 0.222 e. The standard InChI is InChI=1S/C13H20N4O.2ClH/c1-10(18)14-12-4-3-5-13(16-12)15-11-6-8-17(2)9-7-11;;/h3-5,11H,6-9H2,1-2H3,(H2,14,15,16,18);2*1H. The third kappa shape index (κ3) is 5.94. The molecule has 1 fully saturated rings. The van der Waals surface area contributed by atoms with Crippen LogP contribution in [0.2, 0.25) is 0 Å². The molecule has 114 valence electrons. The van der Waals surface area contributed by atoms with Crippen LogP contribution in [-0.2, 0) is 4.79 Å². The number of hydrogen-bond acceptors (Lipinski definition) is 4. The number of nitrogens with one attached hydrogen (secondary N) is 2. The normalized spacial score (nSPS) is 15.7. The van der Waals surface area contributed by atoms with Crippen molar-refractivity contribution >= 4 is 42.4 Å². The minimum atomic E-state index is -0.0982. The van der Waals surface area contributed by atoms with Gasteiger partial charge in [-0.15, -0.1) is 24.8 Å². The molecule has 5 nitrogen and oxygen atoms in total. The fourth-order valence-corrected chi connectivity index (χ4v) is 2.13. The summed E-state index contributed by atoms with van der Waals surface area (Å²) in [4.78, 5) is 17.7. The summed E-state index contributed by atoms with van der Waals surface area (Å²) in [6.45, 7) is 3.71. The number of halogens is 2. The van der Waals surface area contributed by atoms with Gasteiger partial charge in [0.2, 0.25) is 5.91 Å². The lowest BCUT2D eigenvalue weighted by Crippen LogP contribution is -2.36. The molecule has 0 spiro atoms. The smallest absolute Gasteiger partial charge is 0.222 e. The predicted molar refractivity (Wildman–Crippen MR) is 87.2 cm³/mol. The molecule has 0 saturated carbocycles. The van der Waals surface area contributed by atoms with Crippen molar-refractivity contribution in [1.29, 1.82) is 0 Å². The molecule has 1 aliphatic rings. The second kappa shape index (κ2) is 9.00. The molecule has 1 amide bonds. The van der Waals surface area contributed by atoms with E-state index in [1.165, 1.54) is 6.92 Å². The van der Waals surface area contributed by atoms with Gasteiger partial charge in [0.05, 0.1) is 0 Å². The monoisotopic (exact) mass is 320 g/mol. The zero-order chi connectivity index (χ0) is 13.0. The summed E-state index contributed by atoms with van der Waals surface area (Å²) in [7, 11) is 2.14. The quantitative estimate of drug-likeness (QED) is 0.897. The molecule has 0 radical (unpaired) electrons. The molecule has 2 rings (SSSR count). The SMILES string of the molecule is CC(=O)Nc1cccc(NC2CCN(C)CC2)n1.Cl.Cl. The molecule has 0 aromatic carbocycles. The second-order valence-corrected chi connectivity index (χ2v) is 4.81. The number of amides is 1. The van der Waals surface area contributed by atoms with Crippen molar-refractivity contribution < 1.29 is 4.79 Å². The largest absolute Gasteiger partial charge is 0.367 e. The van der Waals surface area contributed by atoms with Crippen LogP contribution in [0.4, 0.5) is 11.6 Å². The number of carbonyl (C=O) groups excluding carboxylic acids is 1. The van der Waals surface area contributed by atoms with Gasteiger partial charge in [0, 0.05) is 13.0 Å². The van der Waals surface area contributed by atoms with Crippen LogP contribution < -0.4 is 10.6 Å². The first-order valence-corrected chi connectivity index (χ1v) is 6.33. The van der Waals surface area contributed by atoms with E-state index in [-0.39, 0.29) is 30.7 Å². The van der Waals surface area contributed by atoms with Gasteiger partial charge in [-0.2, -0.15) is 0 Å². The van der Waals surface area contributed by atoms with E-state index in [1.54, 1.807) is 6.07 Å². The van der Waals surface area contributed by atoms with Gasteiger partial charge in [-0.3, -0.25) is 4.79 Å². The van der Waals surface area contributed by atoms with Gasteiger partial charge in [0.1, 0.15) is 11.6 Å². The molecular weight excluding hydrogens is 299 g/mol. The number of carbonyl (C=O) groups is 1. The summed E-state index contributed by atoms with van der Waals surface area (Å²) in [5, 5.41) is 6.12. The van der Waals surface area contributed by atoms with Crippen molar-refractivity contribution in [2.45, 2.75) is 25.8 Å². The minimum absolute atomic E-state index is 0. The molecule has 1 saturated heterocycles. The third-order valence-electron chi connectivity index (χ3n) is 3.12. The Kier molecular flexibility index (Phi) is 8.53. The first-order valence-electron chi connectivity index (χ1n) is 6.33. The molecule has 0 atom stereocenters. The van der Waals surface area contributed by atoms with Crippen LogP contribution in [0.25, 0.3) is 0 Å². The van der Waals surface area contributed by atoms with Crippen molar-refractivity contribution in [2.24, 2.45) is 0 Å². The number of anilines is 2. The van der Waals surface area contributed by atoms with Gasteiger partial charge in [-0.05, 0) is 45.1 Å². The number of likely N-dealkylation sites (tertiary alicyclic amines) is 1. The molecule has 0 aliphatic carbocycles. The summed E-state index contributed by atoms with van der Waals surface area (Å²) in [5.74, 6) is 1.33. The third-order valence-corrected chi connectivity index (χ3v) is 3.12. The van der Waals surface area contributed by atoms with E-state index in [1.807, 2.05) is 12.1 Å². The highest BCUT2D eigenvalue weighted by Crippen LogP contribution is 2.15. The Bertz CT molecular complexity index is 423. The highest BCUT2D eigenvalue weighted by Gasteiger charge is 2.16. The maximum absolute atomic E-state index is 11.0. The number of piperidine rings is 1. The summed E-state index contributed by atoms with van der Waals surface area (Å²) < 4.78 is 0. The Morgan fingerprint density at radius 1 is 1.25 bits per heavy atom. The predicted octanol–water partition coefficient (Wildman–Crippen LogP) is 2.39. The molecule has 2 heterocycles. The van der Waals surface area contributed by atoms with Crippen molar-refractivity contribution in [3.8, 4) is 0 Å². The summed E-state index contributed by atoms with van der Waals surface area (Å²) in [6.07, 6.45) is 2.26. The Balaban J connectivity index is 0.00000180. The van der Waals surface area contributed by atoms with E-state index >= 15 is 0 Å². The van der Waals surface area contributed by atoms with Gasteiger partial charge in [0.15, 0.2) is 0 Å². The number of rotatable bonds is 3. The molecule has 0 bridgehead atoms. The lowest BCUT2D eigenvalue weighted by molar-refractivity contribution is -0.114. The summed E-state index contributed by atoms with van der Waals surface area (Å²) >= 11 is 0.